The summed E-state index contributed by atoms with van der Waals surface area (Å²) in [6.45, 7) is 2.34. The third-order valence-corrected chi connectivity index (χ3v) is 6.22. The zero-order valence-electron chi connectivity index (χ0n) is 18.4. The monoisotopic (exact) mass is 486 g/mol. The lowest BCUT2D eigenvalue weighted by molar-refractivity contribution is -0.381. The van der Waals surface area contributed by atoms with Crippen LogP contribution in [0.3, 0.4) is 0 Å². The maximum absolute atomic E-state index is 10.8. The summed E-state index contributed by atoms with van der Waals surface area (Å²) in [5, 5.41) is 80.8. The summed E-state index contributed by atoms with van der Waals surface area (Å²) in [5.74, 6) is 0. The van der Waals surface area contributed by atoms with Crippen LogP contribution in [-0.4, -0.2) is 147 Å². The highest BCUT2D eigenvalue weighted by molar-refractivity contribution is 4.95. The van der Waals surface area contributed by atoms with Gasteiger partial charge >= 0.3 is 0 Å². The Kier molecular flexibility index (Phi) is 9.02. The zero-order valence-corrected chi connectivity index (χ0v) is 18.4. The van der Waals surface area contributed by atoms with Crippen LogP contribution in [0, 0.1) is 0 Å². The SMILES string of the molecule is CO[C@@H]1O[C@@H](C)[C@H](O[C@@H]2O[C@@H](C)[C@H](O)[C@@H](O)[C@H]2O)[C@@H](O[C@H]2O[C@H](CO)[C@@H](O)[C@H](O)[C@@H]2O)[C@H]1O. The molecular formula is C19H34O14. The molecular weight excluding hydrogens is 452 g/mol. The lowest BCUT2D eigenvalue weighted by Gasteiger charge is -2.48. The Morgan fingerprint density at radius 3 is 1.67 bits per heavy atom. The van der Waals surface area contributed by atoms with Crippen molar-refractivity contribution in [3.8, 4) is 0 Å². The first-order chi connectivity index (χ1) is 15.5. The van der Waals surface area contributed by atoms with E-state index in [9.17, 15) is 40.9 Å². The Bertz CT molecular complexity index is 623. The molecule has 0 aromatic heterocycles. The van der Waals surface area contributed by atoms with E-state index < -0.39 is 98.7 Å². The minimum atomic E-state index is -1.75. The van der Waals surface area contributed by atoms with E-state index in [1.54, 1.807) is 6.92 Å². The Balaban J connectivity index is 1.82. The van der Waals surface area contributed by atoms with Crippen molar-refractivity contribution >= 4 is 0 Å². The maximum atomic E-state index is 10.8. The standard InChI is InChI=1S/C19H34O14/c1-5-8(21)10(23)12(25)18(29-5)32-15-6(2)30-17(28-3)14(27)16(15)33-19-13(26)11(24)9(22)7(4-20)31-19/h5-27H,4H2,1-3H3/t5-,6-,7+,8-,9+,10+,11-,12+,13-,14+,15-,16-,17+,18-,19+/m0/s1. The van der Waals surface area contributed by atoms with E-state index >= 15 is 0 Å². The highest BCUT2D eigenvalue weighted by Crippen LogP contribution is 2.33. The molecule has 3 fully saturated rings. The van der Waals surface area contributed by atoms with Crippen molar-refractivity contribution in [3.05, 3.63) is 0 Å². The Hall–Kier alpha value is -0.560. The van der Waals surface area contributed by atoms with Gasteiger partial charge in [0.15, 0.2) is 18.9 Å². The molecule has 0 radical (unpaired) electrons. The third-order valence-electron chi connectivity index (χ3n) is 6.22. The van der Waals surface area contributed by atoms with Gasteiger partial charge in [-0.15, -0.1) is 0 Å². The second kappa shape index (κ2) is 11.0. The van der Waals surface area contributed by atoms with Gasteiger partial charge in [0, 0.05) is 7.11 Å². The number of ether oxygens (including phenoxy) is 6. The summed E-state index contributed by atoms with van der Waals surface area (Å²) in [7, 11) is 1.28. The van der Waals surface area contributed by atoms with Gasteiger partial charge in [0.25, 0.3) is 0 Å². The molecule has 8 N–H and O–H groups in total. The summed E-state index contributed by atoms with van der Waals surface area (Å²) < 4.78 is 33.0. The maximum Gasteiger partial charge on any atom is 0.187 e. The highest BCUT2D eigenvalue weighted by Gasteiger charge is 2.53. The van der Waals surface area contributed by atoms with Gasteiger partial charge in [-0.1, -0.05) is 0 Å². The van der Waals surface area contributed by atoms with E-state index in [1.807, 2.05) is 0 Å². The number of methoxy groups -OCH3 is 1. The molecule has 0 aromatic rings. The molecule has 3 aliphatic rings. The first kappa shape index (κ1) is 27.0. The number of aliphatic hydroxyl groups excluding tert-OH is 8. The van der Waals surface area contributed by atoms with Gasteiger partial charge in [-0.25, -0.2) is 0 Å². The van der Waals surface area contributed by atoms with Gasteiger partial charge in [0.1, 0.15) is 61.0 Å². The summed E-state index contributed by atoms with van der Waals surface area (Å²) in [6.07, 6.45) is -20.9. The molecule has 3 saturated heterocycles. The second-order valence-corrected chi connectivity index (χ2v) is 8.52. The first-order valence-electron chi connectivity index (χ1n) is 10.7. The van der Waals surface area contributed by atoms with Crippen LogP contribution in [-0.2, 0) is 28.4 Å². The van der Waals surface area contributed by atoms with Crippen LogP contribution in [0.25, 0.3) is 0 Å². The molecule has 14 nitrogen and oxygen atoms in total. The fourth-order valence-corrected chi connectivity index (χ4v) is 4.14. The molecule has 0 amide bonds. The molecule has 0 saturated carbocycles. The van der Waals surface area contributed by atoms with E-state index in [0.717, 1.165) is 0 Å². The average molecular weight is 486 g/mol. The molecule has 0 unspecified atom stereocenters. The quantitative estimate of drug-likeness (QED) is 0.177. The van der Waals surface area contributed by atoms with E-state index in [1.165, 1.54) is 14.0 Å². The van der Waals surface area contributed by atoms with Crippen LogP contribution >= 0.6 is 0 Å². The second-order valence-electron chi connectivity index (χ2n) is 8.52. The van der Waals surface area contributed by atoms with Crippen molar-refractivity contribution in [2.45, 2.75) is 106 Å². The van der Waals surface area contributed by atoms with Crippen LogP contribution in [0.2, 0.25) is 0 Å². The molecule has 0 spiro atoms. The third kappa shape index (κ3) is 5.34. The van der Waals surface area contributed by atoms with Crippen molar-refractivity contribution in [1.82, 2.24) is 0 Å². The predicted molar refractivity (Wildman–Crippen MR) is 103 cm³/mol. The van der Waals surface area contributed by atoms with Crippen LogP contribution in [0.4, 0.5) is 0 Å². The highest BCUT2D eigenvalue weighted by atomic mass is 16.8. The van der Waals surface area contributed by atoms with E-state index in [0.29, 0.717) is 0 Å². The van der Waals surface area contributed by atoms with Gasteiger partial charge < -0.3 is 69.3 Å². The summed E-state index contributed by atoms with van der Waals surface area (Å²) in [6, 6.07) is 0. The van der Waals surface area contributed by atoms with Gasteiger partial charge in [-0.05, 0) is 13.8 Å². The number of aliphatic hydroxyl groups is 8. The van der Waals surface area contributed by atoms with Crippen molar-refractivity contribution < 1.29 is 69.3 Å². The van der Waals surface area contributed by atoms with Crippen molar-refractivity contribution in [2.24, 2.45) is 0 Å². The van der Waals surface area contributed by atoms with Gasteiger partial charge in [-0.2, -0.15) is 0 Å². The lowest BCUT2D eigenvalue weighted by Crippen LogP contribution is -2.66. The normalized spacial score (nSPS) is 53.7. The van der Waals surface area contributed by atoms with Crippen LogP contribution in [0.5, 0.6) is 0 Å². The zero-order chi connectivity index (χ0) is 24.6. The minimum Gasteiger partial charge on any atom is -0.394 e. The van der Waals surface area contributed by atoms with Crippen LogP contribution < -0.4 is 0 Å². The molecule has 15 atom stereocenters. The molecule has 0 aromatic carbocycles. The molecule has 3 aliphatic heterocycles. The van der Waals surface area contributed by atoms with E-state index in [4.69, 9.17) is 28.4 Å². The van der Waals surface area contributed by atoms with Crippen LogP contribution in [0.15, 0.2) is 0 Å². The van der Waals surface area contributed by atoms with Crippen molar-refractivity contribution in [2.75, 3.05) is 13.7 Å². The molecule has 0 aliphatic carbocycles. The number of hydrogen-bond donors (Lipinski definition) is 8. The molecule has 33 heavy (non-hydrogen) atoms. The summed E-state index contributed by atoms with van der Waals surface area (Å²) in [4.78, 5) is 0. The predicted octanol–water partition coefficient (Wildman–Crippen LogP) is -4.86. The molecule has 14 heteroatoms. The Morgan fingerprint density at radius 2 is 1.09 bits per heavy atom. The Morgan fingerprint density at radius 1 is 0.576 bits per heavy atom. The fourth-order valence-electron chi connectivity index (χ4n) is 4.14. The van der Waals surface area contributed by atoms with Gasteiger partial charge in [-0.3, -0.25) is 0 Å². The lowest BCUT2D eigenvalue weighted by atomic mass is 9.96. The fraction of sp³-hybridized carbons (Fsp3) is 1.00. The average Bonchev–Trinajstić information content (AvgIpc) is 2.79. The molecule has 3 heterocycles. The smallest absolute Gasteiger partial charge is 0.187 e. The summed E-state index contributed by atoms with van der Waals surface area (Å²) in [5.41, 5.74) is 0. The van der Waals surface area contributed by atoms with Gasteiger partial charge in [0.05, 0.1) is 18.8 Å². The topological polar surface area (TPSA) is 217 Å². The van der Waals surface area contributed by atoms with Crippen LogP contribution in [0.1, 0.15) is 13.8 Å². The molecule has 194 valence electrons. The molecule has 0 bridgehead atoms. The van der Waals surface area contributed by atoms with E-state index in [2.05, 4.69) is 0 Å². The van der Waals surface area contributed by atoms with Crippen molar-refractivity contribution in [1.29, 1.82) is 0 Å². The largest absolute Gasteiger partial charge is 0.394 e. The minimum absolute atomic E-state index is 0.682. The number of hydrogen-bond acceptors (Lipinski definition) is 14. The van der Waals surface area contributed by atoms with Crippen molar-refractivity contribution in [3.63, 3.8) is 0 Å². The first-order valence-corrected chi connectivity index (χ1v) is 10.7. The van der Waals surface area contributed by atoms with Gasteiger partial charge in [0.2, 0.25) is 0 Å². The Labute approximate surface area is 189 Å². The summed E-state index contributed by atoms with van der Waals surface area (Å²) >= 11 is 0. The number of rotatable bonds is 6. The molecule has 3 rings (SSSR count). The van der Waals surface area contributed by atoms with E-state index in [-0.39, 0.29) is 0 Å².